The number of hydrogen-bond donors (Lipinski definition) is 2. The van der Waals surface area contributed by atoms with Crippen LogP contribution in [0.15, 0.2) is 11.1 Å². The largest absolute Gasteiger partial charge is 0.493 e. The zero-order valence-electron chi connectivity index (χ0n) is 19.0. The van der Waals surface area contributed by atoms with Crippen molar-refractivity contribution < 1.29 is 9.47 Å². The predicted octanol–water partition coefficient (Wildman–Crippen LogP) is 4.46. The van der Waals surface area contributed by atoms with Crippen molar-refractivity contribution in [3.63, 3.8) is 0 Å². The number of benzene rings is 1. The van der Waals surface area contributed by atoms with Crippen molar-refractivity contribution >= 4 is 46.2 Å². The smallest absolute Gasteiger partial charge is 0.188 e. The van der Waals surface area contributed by atoms with Crippen molar-refractivity contribution in [2.24, 2.45) is 4.99 Å². The third kappa shape index (κ3) is 4.49. The summed E-state index contributed by atoms with van der Waals surface area (Å²) in [6, 6.07) is 2.12. The molecule has 2 aliphatic heterocycles. The lowest BCUT2D eigenvalue weighted by molar-refractivity contribution is 0.122. The maximum absolute atomic E-state index is 8.65. The summed E-state index contributed by atoms with van der Waals surface area (Å²) in [4.78, 5) is 12.4. The quantitative estimate of drug-likeness (QED) is 0.584. The molecule has 2 aliphatic rings. The molecule has 3 heterocycles. The Bertz CT molecular complexity index is 1010. The van der Waals surface area contributed by atoms with Crippen molar-refractivity contribution in [3.05, 3.63) is 33.2 Å². The van der Waals surface area contributed by atoms with Crippen LogP contribution in [0.5, 0.6) is 5.75 Å². The summed E-state index contributed by atoms with van der Waals surface area (Å²) in [5.41, 5.74) is 11.5. The number of rotatable bonds is 8. The summed E-state index contributed by atoms with van der Waals surface area (Å²) < 4.78 is 11.4. The molecule has 4 rings (SSSR count). The molecule has 0 radical (unpaired) electrons. The van der Waals surface area contributed by atoms with Gasteiger partial charge in [-0.3, -0.25) is 5.41 Å². The Balaban J connectivity index is 0.00000289. The zero-order valence-corrected chi connectivity index (χ0v) is 20.6. The van der Waals surface area contributed by atoms with Crippen LogP contribution in [0.2, 0.25) is 0 Å². The third-order valence-corrected chi connectivity index (χ3v) is 6.78. The molecule has 0 atom stereocenters. The van der Waals surface area contributed by atoms with E-state index in [1.165, 1.54) is 11.1 Å². The summed E-state index contributed by atoms with van der Waals surface area (Å²) in [5.74, 6) is 1.47. The van der Waals surface area contributed by atoms with E-state index in [2.05, 4.69) is 29.8 Å². The highest BCUT2D eigenvalue weighted by atomic mass is 35.5. The van der Waals surface area contributed by atoms with Crippen LogP contribution < -0.4 is 15.4 Å². The molecule has 32 heavy (non-hydrogen) atoms. The Morgan fingerprint density at radius 1 is 1.16 bits per heavy atom. The number of nitrogens with zero attached hydrogens (tertiary/aromatic N) is 3. The molecular weight excluding hydrogens is 446 g/mol. The van der Waals surface area contributed by atoms with Gasteiger partial charge >= 0.3 is 0 Å². The first-order valence-corrected chi connectivity index (χ1v) is 12.0. The lowest BCUT2D eigenvalue weighted by Crippen LogP contribution is -2.36. The van der Waals surface area contributed by atoms with Crippen LogP contribution >= 0.6 is 23.7 Å². The molecule has 1 aromatic heterocycles. The number of fused-ring (bicyclic) bond motifs is 1. The van der Waals surface area contributed by atoms with Gasteiger partial charge in [0.1, 0.15) is 11.6 Å². The fraction of sp³-hybridized carbons (Fsp3) is 0.522. The number of halogens is 1. The molecule has 2 aromatic rings. The van der Waals surface area contributed by atoms with Gasteiger partial charge in [-0.1, -0.05) is 38.0 Å². The number of aliphatic imine (C=N–C) groups is 1. The lowest BCUT2D eigenvalue weighted by atomic mass is 9.88. The van der Waals surface area contributed by atoms with Gasteiger partial charge in [0.2, 0.25) is 0 Å². The summed E-state index contributed by atoms with van der Waals surface area (Å²) in [5, 5.41) is 9.55. The first-order valence-electron chi connectivity index (χ1n) is 11.2. The van der Waals surface area contributed by atoms with E-state index < -0.39 is 0 Å². The summed E-state index contributed by atoms with van der Waals surface area (Å²) >= 11 is 1.56. The third-order valence-electron chi connectivity index (χ3n) is 5.65. The van der Waals surface area contributed by atoms with E-state index in [9.17, 15) is 0 Å². The number of amidine groups is 1. The SMILES string of the molecule is CCCc1cc(OCC)c2c(c1CCC)C(c1sc(N3CCOCC3)nc1N)=NC2=N.Cl. The minimum absolute atomic E-state index is 0. The second-order valence-corrected chi connectivity index (χ2v) is 8.79. The van der Waals surface area contributed by atoms with Crippen molar-refractivity contribution in [1.29, 1.82) is 5.41 Å². The summed E-state index contributed by atoms with van der Waals surface area (Å²) in [7, 11) is 0. The predicted molar refractivity (Wildman–Crippen MR) is 135 cm³/mol. The molecule has 1 saturated heterocycles. The average Bonchev–Trinajstić information content (AvgIpc) is 3.32. The molecule has 0 saturated carbocycles. The second kappa shape index (κ2) is 10.6. The van der Waals surface area contributed by atoms with Gasteiger partial charge in [0, 0.05) is 18.7 Å². The molecule has 0 bridgehead atoms. The van der Waals surface area contributed by atoms with E-state index >= 15 is 0 Å². The van der Waals surface area contributed by atoms with Gasteiger partial charge < -0.3 is 20.1 Å². The fourth-order valence-corrected chi connectivity index (χ4v) is 5.35. The minimum Gasteiger partial charge on any atom is -0.493 e. The Labute approximate surface area is 200 Å². The standard InChI is InChI=1S/C23H31N5O2S.ClH/c1-4-7-14-13-16(30-6-3)18-17(15(14)8-5-2)19(26-21(18)24)20-22(25)27-23(31-20)28-9-11-29-12-10-28;/h13,24H,4-12,25H2,1-3H3;1H. The molecule has 0 spiro atoms. The van der Waals surface area contributed by atoms with Gasteiger partial charge in [-0.15, -0.1) is 12.4 Å². The number of aryl methyl sites for hydroxylation is 1. The normalized spacial score (nSPS) is 15.4. The van der Waals surface area contributed by atoms with Crippen LogP contribution in [-0.4, -0.2) is 49.4 Å². The van der Waals surface area contributed by atoms with Crippen molar-refractivity contribution in [3.8, 4) is 5.75 Å². The van der Waals surface area contributed by atoms with Crippen LogP contribution in [0.3, 0.4) is 0 Å². The number of morpholine rings is 1. The van der Waals surface area contributed by atoms with Gasteiger partial charge in [-0.2, -0.15) is 0 Å². The molecule has 3 N–H and O–H groups in total. The zero-order chi connectivity index (χ0) is 22.0. The van der Waals surface area contributed by atoms with Crippen molar-refractivity contribution in [2.45, 2.75) is 46.5 Å². The molecule has 1 fully saturated rings. The molecule has 0 unspecified atom stereocenters. The number of nitrogens with two attached hydrogens (primary N) is 1. The Hall–Kier alpha value is -2.16. The number of thiazole rings is 1. The molecule has 7 nitrogen and oxygen atoms in total. The number of hydrogen-bond acceptors (Lipinski definition) is 7. The maximum Gasteiger partial charge on any atom is 0.188 e. The average molecular weight is 478 g/mol. The van der Waals surface area contributed by atoms with E-state index in [-0.39, 0.29) is 18.2 Å². The molecule has 0 aliphatic carbocycles. The molecule has 9 heteroatoms. The monoisotopic (exact) mass is 477 g/mol. The minimum atomic E-state index is 0. The van der Waals surface area contributed by atoms with Gasteiger partial charge in [0.15, 0.2) is 11.0 Å². The van der Waals surface area contributed by atoms with Crippen LogP contribution in [0.4, 0.5) is 10.9 Å². The van der Waals surface area contributed by atoms with Crippen LogP contribution in [0.25, 0.3) is 0 Å². The highest BCUT2D eigenvalue weighted by Gasteiger charge is 2.33. The van der Waals surface area contributed by atoms with E-state index in [0.717, 1.165) is 71.4 Å². The fourth-order valence-electron chi connectivity index (χ4n) is 4.31. The Morgan fingerprint density at radius 3 is 2.53 bits per heavy atom. The van der Waals surface area contributed by atoms with E-state index in [1.807, 2.05) is 6.92 Å². The highest BCUT2D eigenvalue weighted by Crippen LogP contribution is 2.40. The Morgan fingerprint density at radius 2 is 1.88 bits per heavy atom. The molecule has 1 aromatic carbocycles. The number of nitrogens with one attached hydrogen (secondary N) is 1. The first-order chi connectivity index (χ1) is 15.1. The van der Waals surface area contributed by atoms with Gasteiger partial charge in [0.25, 0.3) is 0 Å². The van der Waals surface area contributed by atoms with E-state index in [0.29, 0.717) is 25.6 Å². The van der Waals surface area contributed by atoms with Crippen LogP contribution in [0.1, 0.15) is 60.7 Å². The number of nitrogen functional groups attached to an aromatic ring is 1. The summed E-state index contributed by atoms with van der Waals surface area (Å²) in [6.45, 7) is 9.91. The first kappa shape index (κ1) is 24.5. The van der Waals surface area contributed by atoms with Crippen molar-refractivity contribution in [1.82, 2.24) is 4.98 Å². The number of aromatic nitrogens is 1. The van der Waals surface area contributed by atoms with Gasteiger partial charge in [-0.05, 0) is 37.0 Å². The summed E-state index contributed by atoms with van der Waals surface area (Å²) in [6.07, 6.45) is 3.98. The van der Waals surface area contributed by atoms with Crippen molar-refractivity contribution in [2.75, 3.05) is 43.5 Å². The molecular formula is C23H32ClN5O2S. The van der Waals surface area contributed by atoms with Crippen LogP contribution in [-0.2, 0) is 17.6 Å². The molecule has 174 valence electrons. The number of anilines is 2. The second-order valence-electron chi connectivity index (χ2n) is 7.81. The van der Waals surface area contributed by atoms with Gasteiger partial charge in [0.05, 0.1) is 36.0 Å². The number of ether oxygens (including phenoxy) is 2. The lowest BCUT2D eigenvalue weighted by Gasteiger charge is -2.25. The van der Waals surface area contributed by atoms with E-state index in [1.54, 1.807) is 11.3 Å². The Kier molecular flexibility index (Phi) is 8.14. The van der Waals surface area contributed by atoms with Crippen LogP contribution in [0, 0.1) is 5.41 Å². The highest BCUT2D eigenvalue weighted by molar-refractivity contribution is 7.18. The maximum atomic E-state index is 8.65. The topological polar surface area (TPSA) is 96.8 Å². The van der Waals surface area contributed by atoms with Gasteiger partial charge in [-0.25, -0.2) is 9.98 Å². The molecule has 0 amide bonds. The van der Waals surface area contributed by atoms with E-state index in [4.69, 9.17) is 25.6 Å².